The maximum Gasteiger partial charge on any atom is 0.317 e. The number of aliphatic hydroxyl groups excluding tert-OH is 1. The summed E-state index contributed by atoms with van der Waals surface area (Å²) in [7, 11) is 0. The van der Waals surface area contributed by atoms with Crippen molar-refractivity contribution in [3.63, 3.8) is 0 Å². The first kappa shape index (κ1) is 19.6. The Kier molecular flexibility index (Phi) is 7.12. The van der Waals surface area contributed by atoms with Gasteiger partial charge in [-0.15, -0.1) is 0 Å². The average Bonchev–Trinajstić information content (AvgIpc) is 3.02. The molecule has 25 heavy (non-hydrogen) atoms. The van der Waals surface area contributed by atoms with Gasteiger partial charge in [0.1, 0.15) is 5.75 Å². The van der Waals surface area contributed by atoms with Gasteiger partial charge in [0.15, 0.2) is 0 Å². The lowest BCUT2D eigenvalue weighted by atomic mass is 10.1. The zero-order valence-electron chi connectivity index (χ0n) is 15.9. The minimum atomic E-state index is -0.0716. The van der Waals surface area contributed by atoms with Crippen molar-refractivity contribution in [3.05, 3.63) is 29.3 Å². The van der Waals surface area contributed by atoms with E-state index >= 15 is 0 Å². The minimum Gasteiger partial charge on any atom is -0.490 e. The van der Waals surface area contributed by atoms with Gasteiger partial charge in [-0.3, -0.25) is 0 Å². The van der Waals surface area contributed by atoms with Crippen molar-refractivity contribution >= 4 is 6.03 Å². The lowest BCUT2D eigenvalue weighted by Crippen LogP contribution is -2.38. The van der Waals surface area contributed by atoms with Gasteiger partial charge in [0.25, 0.3) is 0 Å². The number of ether oxygens (including phenoxy) is 1. The van der Waals surface area contributed by atoms with E-state index in [9.17, 15) is 9.90 Å². The summed E-state index contributed by atoms with van der Waals surface area (Å²) in [6.45, 7) is 10.4. The van der Waals surface area contributed by atoms with E-state index in [-0.39, 0.29) is 24.7 Å². The fourth-order valence-electron chi connectivity index (χ4n) is 3.30. The van der Waals surface area contributed by atoms with E-state index in [1.807, 2.05) is 25.1 Å². The van der Waals surface area contributed by atoms with Gasteiger partial charge >= 0.3 is 6.03 Å². The normalized spacial score (nSPS) is 18.5. The molecule has 140 valence electrons. The maximum absolute atomic E-state index is 12.3. The molecule has 2 unspecified atom stereocenters. The summed E-state index contributed by atoms with van der Waals surface area (Å²) in [6, 6.07) is 6.03. The Labute approximate surface area is 151 Å². The Balaban J connectivity index is 1.95. The smallest absolute Gasteiger partial charge is 0.317 e. The van der Waals surface area contributed by atoms with Gasteiger partial charge in [-0.2, -0.15) is 0 Å². The fraction of sp³-hybridized carbons (Fsp3) is 0.650. The molecule has 1 aromatic carbocycles. The molecule has 0 aromatic heterocycles. The van der Waals surface area contributed by atoms with Gasteiger partial charge in [0, 0.05) is 37.7 Å². The molecule has 0 aliphatic carbocycles. The van der Waals surface area contributed by atoms with Crippen LogP contribution in [0, 0.1) is 18.8 Å². The highest BCUT2D eigenvalue weighted by atomic mass is 16.5. The Bertz CT molecular complexity index is 574. The predicted octanol–water partition coefficient (Wildman–Crippen LogP) is 3.33. The molecule has 1 aliphatic heterocycles. The SMILES string of the molecule is Cc1ccc(CNC(=O)N2CCC(CO)C2)c(OC(C)CC(C)C)c1. The quantitative estimate of drug-likeness (QED) is 0.794. The third-order valence-corrected chi connectivity index (χ3v) is 4.62. The number of urea groups is 1. The zero-order valence-corrected chi connectivity index (χ0v) is 15.9. The molecule has 2 amide bonds. The lowest BCUT2D eigenvalue weighted by Gasteiger charge is -2.21. The first-order chi connectivity index (χ1) is 11.9. The van der Waals surface area contributed by atoms with E-state index in [1.54, 1.807) is 4.90 Å². The number of amides is 2. The number of nitrogens with zero attached hydrogens (tertiary/aromatic N) is 1. The Morgan fingerprint density at radius 1 is 1.40 bits per heavy atom. The van der Waals surface area contributed by atoms with Crippen LogP contribution < -0.4 is 10.1 Å². The molecule has 0 radical (unpaired) electrons. The van der Waals surface area contributed by atoms with Gasteiger partial charge in [0.2, 0.25) is 0 Å². The highest BCUT2D eigenvalue weighted by Crippen LogP contribution is 2.23. The Morgan fingerprint density at radius 3 is 2.80 bits per heavy atom. The van der Waals surface area contributed by atoms with Crippen LogP contribution in [0.1, 0.15) is 44.7 Å². The lowest BCUT2D eigenvalue weighted by molar-refractivity contribution is 0.189. The van der Waals surface area contributed by atoms with Gasteiger partial charge in [-0.05, 0) is 44.2 Å². The number of carbonyl (C=O) groups excluding carboxylic acids is 1. The van der Waals surface area contributed by atoms with Crippen LogP contribution in [0.3, 0.4) is 0 Å². The monoisotopic (exact) mass is 348 g/mol. The Morgan fingerprint density at radius 2 is 2.16 bits per heavy atom. The average molecular weight is 348 g/mol. The molecule has 1 saturated heterocycles. The first-order valence-electron chi connectivity index (χ1n) is 9.28. The molecule has 5 heteroatoms. The topological polar surface area (TPSA) is 61.8 Å². The fourth-order valence-corrected chi connectivity index (χ4v) is 3.30. The molecule has 1 aliphatic rings. The molecule has 0 spiro atoms. The standard InChI is InChI=1S/C20H32N2O3/c1-14(2)9-16(4)25-19-10-15(3)5-6-18(19)11-21-20(24)22-8-7-17(12-22)13-23/h5-6,10,14,16-17,23H,7-9,11-13H2,1-4H3,(H,21,24). The van der Waals surface area contributed by atoms with E-state index in [1.165, 1.54) is 0 Å². The molecule has 5 nitrogen and oxygen atoms in total. The number of likely N-dealkylation sites (tertiary alicyclic amines) is 1. The molecule has 0 bridgehead atoms. The molecule has 1 aromatic rings. The number of benzene rings is 1. The van der Waals surface area contributed by atoms with Crippen LogP contribution in [0.5, 0.6) is 5.75 Å². The number of rotatable bonds is 7. The number of carbonyl (C=O) groups is 1. The summed E-state index contributed by atoms with van der Waals surface area (Å²) in [5.74, 6) is 1.64. The van der Waals surface area contributed by atoms with Crippen molar-refractivity contribution in [3.8, 4) is 5.75 Å². The summed E-state index contributed by atoms with van der Waals surface area (Å²) in [5, 5.41) is 12.2. The molecule has 0 saturated carbocycles. The Hall–Kier alpha value is -1.75. The molecular weight excluding hydrogens is 316 g/mol. The second-order valence-electron chi connectivity index (χ2n) is 7.61. The summed E-state index contributed by atoms with van der Waals surface area (Å²) < 4.78 is 6.13. The maximum atomic E-state index is 12.3. The highest BCUT2D eigenvalue weighted by molar-refractivity contribution is 5.74. The van der Waals surface area contributed by atoms with Crippen LogP contribution in [-0.4, -0.2) is 41.8 Å². The van der Waals surface area contributed by atoms with Crippen molar-refractivity contribution in [2.45, 2.75) is 53.2 Å². The van der Waals surface area contributed by atoms with Crippen molar-refractivity contribution in [2.75, 3.05) is 19.7 Å². The van der Waals surface area contributed by atoms with E-state index < -0.39 is 0 Å². The predicted molar refractivity (Wildman–Crippen MR) is 99.7 cm³/mol. The number of nitrogens with one attached hydrogen (secondary N) is 1. The van der Waals surface area contributed by atoms with Crippen LogP contribution in [-0.2, 0) is 6.54 Å². The number of aliphatic hydroxyl groups is 1. The molecular formula is C20H32N2O3. The summed E-state index contributed by atoms with van der Waals surface area (Å²) >= 11 is 0. The highest BCUT2D eigenvalue weighted by Gasteiger charge is 2.25. The molecule has 2 N–H and O–H groups in total. The van der Waals surface area contributed by atoms with Gasteiger partial charge in [0.05, 0.1) is 6.10 Å². The summed E-state index contributed by atoms with van der Waals surface area (Å²) in [4.78, 5) is 14.1. The molecule has 2 atom stereocenters. The minimum absolute atomic E-state index is 0.0716. The first-order valence-corrected chi connectivity index (χ1v) is 9.28. The number of aryl methyl sites for hydroxylation is 1. The molecule has 1 fully saturated rings. The van der Waals surface area contributed by atoms with Crippen LogP contribution in [0.4, 0.5) is 4.79 Å². The van der Waals surface area contributed by atoms with Crippen molar-refractivity contribution in [1.82, 2.24) is 10.2 Å². The van der Waals surface area contributed by atoms with Crippen LogP contribution in [0.25, 0.3) is 0 Å². The van der Waals surface area contributed by atoms with Gasteiger partial charge in [-0.25, -0.2) is 4.79 Å². The number of hydrogen-bond acceptors (Lipinski definition) is 3. The van der Waals surface area contributed by atoms with E-state index in [2.05, 4.69) is 26.1 Å². The zero-order chi connectivity index (χ0) is 18.4. The van der Waals surface area contributed by atoms with Crippen LogP contribution in [0.15, 0.2) is 18.2 Å². The van der Waals surface area contributed by atoms with E-state index in [0.717, 1.165) is 29.7 Å². The number of hydrogen-bond donors (Lipinski definition) is 2. The second-order valence-corrected chi connectivity index (χ2v) is 7.61. The van der Waals surface area contributed by atoms with Crippen LogP contribution in [0.2, 0.25) is 0 Å². The summed E-state index contributed by atoms with van der Waals surface area (Å²) in [5.41, 5.74) is 2.14. The van der Waals surface area contributed by atoms with Gasteiger partial charge < -0.3 is 20.1 Å². The van der Waals surface area contributed by atoms with Crippen molar-refractivity contribution < 1.29 is 14.6 Å². The molecule has 2 rings (SSSR count). The van der Waals surface area contributed by atoms with Gasteiger partial charge in [-0.1, -0.05) is 26.0 Å². The summed E-state index contributed by atoms with van der Waals surface area (Å²) in [6.07, 6.45) is 2.01. The third kappa shape index (κ3) is 5.92. The van der Waals surface area contributed by atoms with Crippen molar-refractivity contribution in [1.29, 1.82) is 0 Å². The van der Waals surface area contributed by atoms with E-state index in [0.29, 0.717) is 25.6 Å². The molecule has 1 heterocycles. The largest absolute Gasteiger partial charge is 0.490 e. The van der Waals surface area contributed by atoms with Crippen molar-refractivity contribution in [2.24, 2.45) is 11.8 Å². The van der Waals surface area contributed by atoms with Crippen LogP contribution >= 0.6 is 0 Å². The third-order valence-electron chi connectivity index (χ3n) is 4.62. The van der Waals surface area contributed by atoms with E-state index in [4.69, 9.17) is 4.74 Å². The second kappa shape index (κ2) is 9.09.